The Morgan fingerprint density at radius 1 is 1.50 bits per heavy atom. The smallest absolute Gasteiger partial charge is 0.0300 e. The lowest BCUT2D eigenvalue weighted by molar-refractivity contribution is 0.365. The lowest BCUT2D eigenvalue weighted by atomic mass is 9.92. The molecule has 1 N–H and O–H groups in total. The second-order valence-electron chi connectivity index (χ2n) is 5.67. The Bertz CT molecular complexity index is 319. The van der Waals surface area contributed by atoms with E-state index < -0.39 is 0 Å². The lowest BCUT2D eigenvalue weighted by Gasteiger charge is -2.17. The molecule has 2 rings (SSSR count). The van der Waals surface area contributed by atoms with E-state index in [9.17, 15) is 0 Å². The van der Waals surface area contributed by atoms with Gasteiger partial charge >= 0.3 is 0 Å². The number of hydrogen-bond donors (Lipinski definition) is 1. The van der Waals surface area contributed by atoms with Crippen molar-refractivity contribution in [1.29, 1.82) is 0 Å². The van der Waals surface area contributed by atoms with Crippen LogP contribution in [0.1, 0.15) is 38.7 Å². The molecule has 2 heteroatoms. The molecule has 0 radical (unpaired) electrons. The molecule has 1 aliphatic carbocycles. The Labute approximate surface area is 98.5 Å². The van der Waals surface area contributed by atoms with E-state index in [1.54, 1.807) is 0 Å². The van der Waals surface area contributed by atoms with E-state index in [0.717, 1.165) is 19.0 Å². The maximum Gasteiger partial charge on any atom is 0.0300 e. The minimum atomic E-state index is 0.548. The first-order valence-corrected chi connectivity index (χ1v) is 6.28. The average molecular weight is 218 g/mol. The number of hydrogen-bond acceptors (Lipinski definition) is 2. The molecular formula is C14H22N2. The van der Waals surface area contributed by atoms with Gasteiger partial charge in [-0.3, -0.25) is 4.98 Å². The van der Waals surface area contributed by atoms with Crippen molar-refractivity contribution in [3.8, 4) is 0 Å². The third kappa shape index (κ3) is 3.31. The zero-order chi connectivity index (χ0) is 11.4. The van der Waals surface area contributed by atoms with Gasteiger partial charge in [0, 0.05) is 18.4 Å². The molecule has 88 valence electrons. The number of rotatable bonds is 4. The topological polar surface area (TPSA) is 24.9 Å². The molecule has 0 amide bonds. The Morgan fingerprint density at radius 2 is 2.38 bits per heavy atom. The summed E-state index contributed by atoms with van der Waals surface area (Å²) in [5, 5.41) is 3.66. The van der Waals surface area contributed by atoms with E-state index in [-0.39, 0.29) is 0 Å². The molecule has 1 aromatic rings. The molecule has 1 fully saturated rings. The van der Waals surface area contributed by atoms with Crippen LogP contribution in [0.25, 0.3) is 0 Å². The summed E-state index contributed by atoms with van der Waals surface area (Å²) < 4.78 is 0. The number of nitrogens with zero attached hydrogens (tertiary/aromatic N) is 1. The summed E-state index contributed by atoms with van der Waals surface area (Å²) in [7, 11) is 0. The molecule has 1 saturated carbocycles. The second kappa shape index (κ2) is 4.96. The standard InChI is InChI=1S/C14H22N2/c1-14(2)7-5-13(10-14)16-9-6-12-4-3-8-15-11-12/h3-4,8,11,13,16H,5-7,9-10H2,1-2H3. The molecule has 0 bridgehead atoms. The van der Waals surface area contributed by atoms with Gasteiger partial charge in [-0.1, -0.05) is 19.9 Å². The van der Waals surface area contributed by atoms with E-state index in [2.05, 4.69) is 30.2 Å². The van der Waals surface area contributed by atoms with Crippen molar-refractivity contribution in [3.05, 3.63) is 30.1 Å². The first-order chi connectivity index (χ1) is 7.66. The number of nitrogens with one attached hydrogen (secondary N) is 1. The van der Waals surface area contributed by atoms with Crippen LogP contribution in [0.5, 0.6) is 0 Å². The van der Waals surface area contributed by atoms with Crippen molar-refractivity contribution in [1.82, 2.24) is 10.3 Å². The average Bonchev–Trinajstić information content (AvgIpc) is 2.60. The molecule has 0 aliphatic heterocycles. The molecule has 1 atom stereocenters. The highest BCUT2D eigenvalue weighted by Gasteiger charge is 2.30. The third-order valence-corrected chi connectivity index (χ3v) is 3.54. The Balaban J connectivity index is 1.70. The summed E-state index contributed by atoms with van der Waals surface area (Å²) in [6, 6.07) is 4.88. The van der Waals surface area contributed by atoms with Gasteiger partial charge in [0.2, 0.25) is 0 Å². The molecule has 0 spiro atoms. The lowest BCUT2D eigenvalue weighted by Crippen LogP contribution is -2.29. The fraction of sp³-hybridized carbons (Fsp3) is 0.643. The van der Waals surface area contributed by atoms with Gasteiger partial charge in [0.05, 0.1) is 0 Å². The molecule has 0 aromatic carbocycles. The molecular weight excluding hydrogens is 196 g/mol. The number of aromatic nitrogens is 1. The molecule has 1 aliphatic rings. The minimum absolute atomic E-state index is 0.548. The van der Waals surface area contributed by atoms with Crippen molar-refractivity contribution in [2.45, 2.75) is 45.6 Å². The zero-order valence-electron chi connectivity index (χ0n) is 10.4. The molecule has 0 saturated heterocycles. The molecule has 1 unspecified atom stereocenters. The van der Waals surface area contributed by atoms with Gasteiger partial charge in [-0.25, -0.2) is 0 Å². The van der Waals surface area contributed by atoms with Gasteiger partial charge in [-0.15, -0.1) is 0 Å². The molecule has 1 heterocycles. The predicted octanol–water partition coefficient (Wildman–Crippen LogP) is 2.79. The summed E-state index contributed by atoms with van der Waals surface area (Å²) in [6.07, 6.45) is 8.89. The van der Waals surface area contributed by atoms with Gasteiger partial charge < -0.3 is 5.32 Å². The van der Waals surface area contributed by atoms with Crippen LogP contribution in [0.3, 0.4) is 0 Å². The van der Waals surface area contributed by atoms with Gasteiger partial charge in [0.1, 0.15) is 0 Å². The summed E-state index contributed by atoms with van der Waals surface area (Å²) in [6.45, 7) is 5.82. The Hall–Kier alpha value is -0.890. The Morgan fingerprint density at radius 3 is 3.00 bits per heavy atom. The van der Waals surface area contributed by atoms with Crippen LogP contribution < -0.4 is 5.32 Å². The van der Waals surface area contributed by atoms with Crippen LogP contribution in [0.2, 0.25) is 0 Å². The monoisotopic (exact) mass is 218 g/mol. The predicted molar refractivity (Wildman–Crippen MR) is 67.4 cm³/mol. The maximum atomic E-state index is 4.13. The molecule has 1 aromatic heterocycles. The van der Waals surface area contributed by atoms with E-state index in [1.165, 1.54) is 24.8 Å². The van der Waals surface area contributed by atoms with E-state index in [1.807, 2.05) is 18.5 Å². The van der Waals surface area contributed by atoms with Crippen LogP contribution in [0.15, 0.2) is 24.5 Å². The fourth-order valence-electron chi connectivity index (χ4n) is 2.58. The van der Waals surface area contributed by atoms with Crippen LogP contribution in [-0.2, 0) is 6.42 Å². The van der Waals surface area contributed by atoms with Crippen molar-refractivity contribution in [2.75, 3.05) is 6.54 Å². The van der Waals surface area contributed by atoms with Gasteiger partial charge in [-0.2, -0.15) is 0 Å². The van der Waals surface area contributed by atoms with Gasteiger partial charge in [0.25, 0.3) is 0 Å². The van der Waals surface area contributed by atoms with E-state index in [4.69, 9.17) is 0 Å². The quantitative estimate of drug-likeness (QED) is 0.840. The van der Waals surface area contributed by atoms with E-state index in [0.29, 0.717) is 5.41 Å². The normalized spacial score (nSPS) is 23.5. The highest BCUT2D eigenvalue weighted by atomic mass is 14.9. The van der Waals surface area contributed by atoms with Gasteiger partial charge in [-0.05, 0) is 49.3 Å². The Kier molecular flexibility index (Phi) is 3.59. The highest BCUT2D eigenvalue weighted by Crippen LogP contribution is 2.36. The summed E-state index contributed by atoms with van der Waals surface area (Å²) in [5.41, 5.74) is 1.87. The summed E-state index contributed by atoms with van der Waals surface area (Å²) >= 11 is 0. The second-order valence-corrected chi connectivity index (χ2v) is 5.67. The maximum absolute atomic E-state index is 4.13. The summed E-state index contributed by atoms with van der Waals surface area (Å²) in [5.74, 6) is 0. The first-order valence-electron chi connectivity index (χ1n) is 6.28. The first kappa shape index (κ1) is 11.6. The fourth-order valence-corrected chi connectivity index (χ4v) is 2.58. The highest BCUT2D eigenvalue weighted by molar-refractivity contribution is 5.08. The van der Waals surface area contributed by atoms with Crippen molar-refractivity contribution in [3.63, 3.8) is 0 Å². The third-order valence-electron chi connectivity index (χ3n) is 3.54. The van der Waals surface area contributed by atoms with Crippen LogP contribution in [0, 0.1) is 5.41 Å². The van der Waals surface area contributed by atoms with Crippen molar-refractivity contribution >= 4 is 0 Å². The minimum Gasteiger partial charge on any atom is -0.314 e. The van der Waals surface area contributed by atoms with E-state index >= 15 is 0 Å². The SMILES string of the molecule is CC1(C)CCC(NCCc2cccnc2)C1. The van der Waals surface area contributed by atoms with Crippen LogP contribution in [-0.4, -0.2) is 17.6 Å². The largest absolute Gasteiger partial charge is 0.314 e. The molecule has 2 nitrogen and oxygen atoms in total. The number of pyridine rings is 1. The molecule has 16 heavy (non-hydrogen) atoms. The summed E-state index contributed by atoms with van der Waals surface area (Å²) in [4.78, 5) is 4.13. The van der Waals surface area contributed by atoms with Crippen LogP contribution in [0.4, 0.5) is 0 Å². The van der Waals surface area contributed by atoms with Crippen molar-refractivity contribution in [2.24, 2.45) is 5.41 Å². The van der Waals surface area contributed by atoms with Crippen LogP contribution >= 0.6 is 0 Å². The van der Waals surface area contributed by atoms with Gasteiger partial charge in [0.15, 0.2) is 0 Å². The van der Waals surface area contributed by atoms with Crippen molar-refractivity contribution < 1.29 is 0 Å². The zero-order valence-corrected chi connectivity index (χ0v) is 10.4.